The fraction of sp³-hybridized carbons (Fsp3) is 0.227. The summed E-state index contributed by atoms with van der Waals surface area (Å²) in [4.78, 5) is 41.2. The Bertz CT molecular complexity index is 1140. The highest BCUT2D eigenvalue weighted by Gasteiger charge is 2.39. The molecule has 1 aliphatic rings. The number of carbonyl (C=O) groups excluding carboxylic acids is 3. The van der Waals surface area contributed by atoms with Crippen LogP contribution in [0.15, 0.2) is 48.7 Å². The van der Waals surface area contributed by atoms with Crippen LogP contribution < -0.4 is 10.6 Å². The molecule has 1 aromatic heterocycles. The minimum absolute atomic E-state index is 0.183. The first-order valence-electron chi connectivity index (χ1n) is 9.61. The lowest BCUT2D eigenvalue weighted by atomic mass is 10.1. The summed E-state index contributed by atoms with van der Waals surface area (Å²) < 4.78 is 13.3. The van der Waals surface area contributed by atoms with Gasteiger partial charge in [0.05, 0.1) is 0 Å². The molecule has 3 aromatic rings. The maximum atomic E-state index is 13.3. The Morgan fingerprint density at radius 3 is 2.80 bits per heavy atom. The van der Waals surface area contributed by atoms with Crippen LogP contribution in [0.3, 0.4) is 0 Å². The zero-order valence-corrected chi connectivity index (χ0v) is 16.4. The molecule has 7 nitrogen and oxygen atoms in total. The third-order valence-corrected chi connectivity index (χ3v) is 5.22. The number of rotatable bonds is 6. The van der Waals surface area contributed by atoms with Gasteiger partial charge < -0.3 is 15.6 Å². The molecular formula is C22H21FN4O3. The standard InChI is InChI=1S/C22H21FN4O3/c1-13-8-14(6-7-17(13)23)10-25-20(28)12-27-21(29)19(26-22(27)30)9-15-11-24-18-5-3-2-4-16(15)18/h2-8,11,19,24H,9-10,12H2,1H3,(H,25,28)(H,26,30). The zero-order valence-electron chi connectivity index (χ0n) is 16.4. The average molecular weight is 408 g/mol. The quantitative estimate of drug-likeness (QED) is 0.547. The fourth-order valence-electron chi connectivity index (χ4n) is 3.60. The first kappa shape index (κ1) is 19.6. The van der Waals surface area contributed by atoms with Gasteiger partial charge in [-0.3, -0.25) is 14.5 Å². The summed E-state index contributed by atoms with van der Waals surface area (Å²) in [6.45, 7) is 1.46. The van der Waals surface area contributed by atoms with E-state index in [9.17, 15) is 18.8 Å². The number of urea groups is 1. The van der Waals surface area contributed by atoms with E-state index in [1.54, 1.807) is 19.1 Å². The number of halogens is 1. The van der Waals surface area contributed by atoms with Crippen molar-refractivity contribution >= 4 is 28.7 Å². The van der Waals surface area contributed by atoms with Crippen molar-refractivity contribution in [1.82, 2.24) is 20.5 Å². The molecule has 0 saturated carbocycles. The summed E-state index contributed by atoms with van der Waals surface area (Å²) in [5, 5.41) is 6.30. The second-order valence-corrected chi connectivity index (χ2v) is 7.35. The van der Waals surface area contributed by atoms with Crippen LogP contribution in [0.2, 0.25) is 0 Å². The fourth-order valence-corrected chi connectivity index (χ4v) is 3.60. The van der Waals surface area contributed by atoms with E-state index < -0.39 is 23.9 Å². The summed E-state index contributed by atoms with van der Waals surface area (Å²) in [7, 11) is 0. The molecular weight excluding hydrogens is 387 g/mol. The van der Waals surface area contributed by atoms with Gasteiger partial charge in [0, 0.05) is 30.1 Å². The molecule has 0 radical (unpaired) electrons. The summed E-state index contributed by atoms with van der Waals surface area (Å²) >= 11 is 0. The van der Waals surface area contributed by atoms with E-state index in [1.807, 2.05) is 30.5 Å². The molecule has 1 saturated heterocycles. The number of hydrogen-bond donors (Lipinski definition) is 3. The third-order valence-electron chi connectivity index (χ3n) is 5.22. The smallest absolute Gasteiger partial charge is 0.325 e. The Labute approximate surface area is 172 Å². The van der Waals surface area contributed by atoms with Crippen molar-refractivity contribution in [2.45, 2.75) is 25.9 Å². The van der Waals surface area contributed by atoms with Gasteiger partial charge in [-0.2, -0.15) is 0 Å². The van der Waals surface area contributed by atoms with E-state index in [4.69, 9.17) is 0 Å². The van der Waals surface area contributed by atoms with Gasteiger partial charge in [-0.05, 0) is 35.7 Å². The molecule has 8 heteroatoms. The van der Waals surface area contributed by atoms with Gasteiger partial charge >= 0.3 is 6.03 Å². The Morgan fingerprint density at radius 1 is 1.20 bits per heavy atom. The number of imide groups is 1. The second kappa shape index (κ2) is 7.98. The van der Waals surface area contributed by atoms with E-state index in [0.717, 1.165) is 26.9 Å². The molecule has 3 N–H and O–H groups in total. The zero-order chi connectivity index (χ0) is 21.3. The number of para-hydroxylation sites is 1. The summed E-state index contributed by atoms with van der Waals surface area (Å²) in [6, 6.07) is 11.0. The van der Waals surface area contributed by atoms with E-state index in [2.05, 4.69) is 15.6 Å². The molecule has 4 amide bonds. The van der Waals surface area contributed by atoms with Crippen molar-refractivity contribution in [3.8, 4) is 0 Å². The molecule has 30 heavy (non-hydrogen) atoms. The van der Waals surface area contributed by atoms with Crippen LogP contribution in [-0.2, 0) is 22.6 Å². The van der Waals surface area contributed by atoms with Gasteiger partial charge in [-0.15, -0.1) is 0 Å². The highest BCUT2D eigenvalue weighted by molar-refractivity contribution is 6.06. The Morgan fingerprint density at radius 2 is 2.00 bits per heavy atom. The summed E-state index contributed by atoms with van der Waals surface area (Å²) in [5.41, 5.74) is 3.09. The minimum Gasteiger partial charge on any atom is -0.361 e. The highest BCUT2D eigenvalue weighted by atomic mass is 19.1. The number of nitrogens with zero attached hydrogens (tertiary/aromatic N) is 1. The Hall–Kier alpha value is -3.68. The number of hydrogen-bond acceptors (Lipinski definition) is 3. The molecule has 4 rings (SSSR count). The predicted molar refractivity (Wildman–Crippen MR) is 109 cm³/mol. The molecule has 2 heterocycles. The minimum atomic E-state index is -0.718. The van der Waals surface area contributed by atoms with Crippen LogP contribution >= 0.6 is 0 Å². The number of fused-ring (bicyclic) bond motifs is 1. The molecule has 2 aromatic carbocycles. The van der Waals surface area contributed by atoms with Crippen molar-refractivity contribution in [1.29, 1.82) is 0 Å². The first-order chi connectivity index (χ1) is 14.4. The number of amides is 4. The molecule has 154 valence electrons. The largest absolute Gasteiger partial charge is 0.361 e. The monoisotopic (exact) mass is 408 g/mol. The summed E-state index contributed by atoms with van der Waals surface area (Å²) in [5.74, 6) is -1.21. The number of aromatic nitrogens is 1. The van der Waals surface area contributed by atoms with Crippen molar-refractivity contribution in [3.63, 3.8) is 0 Å². The second-order valence-electron chi connectivity index (χ2n) is 7.35. The first-order valence-corrected chi connectivity index (χ1v) is 9.61. The molecule has 0 aliphatic carbocycles. The van der Waals surface area contributed by atoms with Crippen LogP contribution in [0.25, 0.3) is 10.9 Å². The lowest BCUT2D eigenvalue weighted by Gasteiger charge is -2.13. The maximum absolute atomic E-state index is 13.3. The molecule has 1 atom stereocenters. The van der Waals surface area contributed by atoms with Crippen molar-refractivity contribution in [2.24, 2.45) is 0 Å². The third kappa shape index (κ3) is 3.89. The van der Waals surface area contributed by atoms with Gasteiger partial charge in [0.2, 0.25) is 5.91 Å². The van der Waals surface area contributed by atoms with Crippen LogP contribution in [0.5, 0.6) is 0 Å². The lowest BCUT2D eigenvalue weighted by Crippen LogP contribution is -2.41. The van der Waals surface area contributed by atoms with E-state index in [0.29, 0.717) is 12.0 Å². The molecule has 1 unspecified atom stereocenters. The Kier molecular flexibility index (Phi) is 5.22. The van der Waals surface area contributed by atoms with E-state index in [-0.39, 0.29) is 18.9 Å². The number of aromatic amines is 1. The normalized spacial score (nSPS) is 16.2. The topological polar surface area (TPSA) is 94.3 Å². The van der Waals surface area contributed by atoms with E-state index >= 15 is 0 Å². The number of carbonyl (C=O) groups is 3. The SMILES string of the molecule is Cc1cc(CNC(=O)CN2C(=O)NC(Cc3c[nH]c4ccccc34)C2=O)ccc1F. The van der Waals surface area contributed by atoms with Crippen molar-refractivity contribution in [2.75, 3.05) is 6.54 Å². The molecule has 0 bridgehead atoms. The van der Waals surface area contributed by atoms with Crippen LogP contribution in [0.1, 0.15) is 16.7 Å². The predicted octanol–water partition coefficient (Wildman–Crippen LogP) is 2.39. The van der Waals surface area contributed by atoms with E-state index in [1.165, 1.54) is 6.07 Å². The number of H-pyrrole nitrogens is 1. The van der Waals surface area contributed by atoms with Gasteiger partial charge in [-0.25, -0.2) is 9.18 Å². The molecule has 1 fully saturated rings. The van der Waals surface area contributed by atoms with Gasteiger partial charge in [0.1, 0.15) is 18.4 Å². The number of benzene rings is 2. The highest BCUT2D eigenvalue weighted by Crippen LogP contribution is 2.21. The average Bonchev–Trinajstić information content (AvgIpc) is 3.25. The number of nitrogens with one attached hydrogen (secondary N) is 3. The molecule has 0 spiro atoms. The summed E-state index contributed by atoms with van der Waals surface area (Å²) in [6.07, 6.45) is 2.16. The van der Waals surface area contributed by atoms with Gasteiger partial charge in [-0.1, -0.05) is 30.3 Å². The van der Waals surface area contributed by atoms with Crippen LogP contribution in [-0.4, -0.2) is 40.3 Å². The maximum Gasteiger partial charge on any atom is 0.325 e. The Balaban J connectivity index is 1.36. The van der Waals surface area contributed by atoms with Gasteiger partial charge in [0.15, 0.2) is 0 Å². The lowest BCUT2D eigenvalue weighted by molar-refractivity contribution is -0.132. The number of aryl methyl sites for hydroxylation is 1. The van der Waals surface area contributed by atoms with Crippen molar-refractivity contribution < 1.29 is 18.8 Å². The van der Waals surface area contributed by atoms with Gasteiger partial charge in [0.25, 0.3) is 5.91 Å². The molecule has 1 aliphatic heterocycles. The van der Waals surface area contributed by atoms with Crippen molar-refractivity contribution in [3.05, 3.63) is 71.2 Å². The van der Waals surface area contributed by atoms with Crippen LogP contribution in [0.4, 0.5) is 9.18 Å². The van der Waals surface area contributed by atoms with Crippen LogP contribution in [0, 0.1) is 12.7 Å².